The summed E-state index contributed by atoms with van der Waals surface area (Å²) in [4.78, 5) is 11.2. The molecule has 0 aromatic rings. The Labute approximate surface area is 92.0 Å². The highest BCUT2D eigenvalue weighted by Crippen LogP contribution is 2.33. The number of halogens is 1. The van der Waals surface area contributed by atoms with E-state index >= 15 is 0 Å². The summed E-state index contributed by atoms with van der Waals surface area (Å²) in [5.74, 6) is -0.00941. The lowest BCUT2D eigenvalue weighted by Gasteiger charge is -2.39. The number of carbonyl (C=O) groups excluding carboxylic acids is 1. The molecule has 0 saturated carbocycles. The van der Waals surface area contributed by atoms with Gasteiger partial charge < -0.3 is 9.84 Å². The summed E-state index contributed by atoms with van der Waals surface area (Å²) in [6.45, 7) is 5.30. The van der Waals surface area contributed by atoms with Gasteiger partial charge in [-0.15, -0.1) is 0 Å². The Morgan fingerprint density at radius 1 is 1.38 bits per heavy atom. The third kappa shape index (κ3) is 2.22. The number of ketones is 1. The number of aliphatic hydroxyl groups is 1. The van der Waals surface area contributed by atoms with Gasteiger partial charge in [0.1, 0.15) is 10.2 Å². The first-order chi connectivity index (χ1) is 5.95. The van der Waals surface area contributed by atoms with E-state index in [0.717, 1.165) is 0 Å². The maximum Gasteiger partial charge on any atom is 0.158 e. The smallest absolute Gasteiger partial charge is 0.158 e. The molecule has 0 bridgehead atoms. The Kier molecular flexibility index (Phi) is 3.71. The second kappa shape index (κ2) is 4.23. The highest BCUT2D eigenvalue weighted by Gasteiger charge is 2.41. The second-order valence-corrected chi connectivity index (χ2v) is 4.96. The molecule has 1 aliphatic rings. The van der Waals surface area contributed by atoms with Crippen molar-refractivity contribution in [2.24, 2.45) is 11.8 Å². The van der Waals surface area contributed by atoms with Crippen molar-refractivity contribution in [1.82, 2.24) is 0 Å². The Morgan fingerprint density at radius 2 is 1.92 bits per heavy atom. The molecule has 0 aromatic heterocycles. The Morgan fingerprint density at radius 3 is 2.38 bits per heavy atom. The standard InChI is InChI=1S/C9H15IO3/c1-4-7(12)5(2)9(10)13-8(4)6(3)11/h4-5,7-9,12H,1-3H3. The van der Waals surface area contributed by atoms with Gasteiger partial charge in [-0.05, 0) is 6.92 Å². The van der Waals surface area contributed by atoms with Crippen molar-refractivity contribution in [3.8, 4) is 0 Å². The van der Waals surface area contributed by atoms with E-state index in [4.69, 9.17) is 4.74 Å². The SMILES string of the molecule is CC(=O)C1OC(I)C(C)C(O)C1C. The molecule has 0 amide bonds. The fraction of sp³-hybridized carbons (Fsp3) is 0.889. The molecule has 0 spiro atoms. The van der Waals surface area contributed by atoms with Crippen LogP contribution in [0.2, 0.25) is 0 Å². The van der Waals surface area contributed by atoms with Gasteiger partial charge in [0.15, 0.2) is 5.78 Å². The lowest BCUT2D eigenvalue weighted by atomic mass is 9.85. The van der Waals surface area contributed by atoms with E-state index in [1.54, 1.807) is 0 Å². The molecule has 5 atom stereocenters. The van der Waals surface area contributed by atoms with E-state index in [1.165, 1.54) is 6.92 Å². The summed E-state index contributed by atoms with van der Waals surface area (Å²) in [5, 5.41) is 9.80. The predicted octanol–water partition coefficient (Wildman–Crippen LogP) is 1.37. The van der Waals surface area contributed by atoms with Crippen LogP contribution in [0.5, 0.6) is 0 Å². The molecule has 0 aliphatic carbocycles. The van der Waals surface area contributed by atoms with E-state index in [9.17, 15) is 9.90 Å². The van der Waals surface area contributed by atoms with Gasteiger partial charge in [-0.2, -0.15) is 0 Å². The van der Waals surface area contributed by atoms with Crippen LogP contribution in [-0.2, 0) is 9.53 Å². The van der Waals surface area contributed by atoms with Crippen LogP contribution in [0.4, 0.5) is 0 Å². The van der Waals surface area contributed by atoms with Gasteiger partial charge in [-0.25, -0.2) is 0 Å². The average molecular weight is 298 g/mol. The molecule has 0 radical (unpaired) electrons. The third-order valence-corrected chi connectivity index (χ3v) is 4.07. The fourth-order valence-corrected chi connectivity index (χ4v) is 2.41. The summed E-state index contributed by atoms with van der Waals surface area (Å²) < 4.78 is 5.45. The molecule has 4 heteroatoms. The van der Waals surface area contributed by atoms with Crippen molar-refractivity contribution in [1.29, 1.82) is 0 Å². The second-order valence-electron chi connectivity index (χ2n) is 3.73. The summed E-state index contributed by atoms with van der Waals surface area (Å²) >= 11 is 2.12. The number of ether oxygens (including phenoxy) is 1. The van der Waals surface area contributed by atoms with E-state index in [-0.39, 0.29) is 21.7 Å². The number of rotatable bonds is 1. The van der Waals surface area contributed by atoms with Crippen LogP contribution in [0.15, 0.2) is 0 Å². The maximum atomic E-state index is 11.2. The van der Waals surface area contributed by atoms with Gasteiger partial charge in [-0.3, -0.25) is 4.79 Å². The maximum absolute atomic E-state index is 11.2. The van der Waals surface area contributed by atoms with Gasteiger partial charge >= 0.3 is 0 Å². The van der Waals surface area contributed by atoms with Gasteiger partial charge in [0.05, 0.1) is 6.10 Å². The lowest BCUT2D eigenvalue weighted by molar-refractivity contribution is -0.155. The Hall–Kier alpha value is 0.320. The summed E-state index contributed by atoms with van der Waals surface area (Å²) in [5.41, 5.74) is 0. The first kappa shape index (κ1) is 11.4. The predicted molar refractivity (Wildman–Crippen MR) is 57.7 cm³/mol. The Balaban J connectivity index is 2.76. The van der Waals surface area contributed by atoms with Gasteiger partial charge in [0.25, 0.3) is 0 Å². The first-order valence-corrected chi connectivity index (χ1v) is 5.67. The van der Waals surface area contributed by atoms with E-state index in [1.807, 2.05) is 13.8 Å². The molecule has 3 nitrogen and oxygen atoms in total. The molecule has 1 aliphatic heterocycles. The molecule has 1 N–H and O–H groups in total. The zero-order valence-electron chi connectivity index (χ0n) is 8.03. The molecule has 1 saturated heterocycles. The van der Waals surface area contributed by atoms with Crippen LogP contribution in [0.25, 0.3) is 0 Å². The molecule has 5 unspecified atom stereocenters. The monoisotopic (exact) mass is 298 g/mol. The molecular weight excluding hydrogens is 283 g/mol. The molecular formula is C9H15IO3. The number of alkyl halides is 1. The summed E-state index contributed by atoms with van der Waals surface area (Å²) in [7, 11) is 0. The van der Waals surface area contributed by atoms with Crippen molar-refractivity contribution in [3.05, 3.63) is 0 Å². The van der Waals surface area contributed by atoms with Crippen molar-refractivity contribution >= 4 is 28.4 Å². The number of carbonyl (C=O) groups is 1. The highest BCUT2D eigenvalue weighted by molar-refractivity contribution is 14.1. The van der Waals surface area contributed by atoms with Crippen molar-refractivity contribution in [2.75, 3.05) is 0 Å². The van der Waals surface area contributed by atoms with Crippen LogP contribution >= 0.6 is 22.6 Å². The fourth-order valence-electron chi connectivity index (χ4n) is 1.67. The average Bonchev–Trinajstić information content (AvgIpc) is 2.07. The van der Waals surface area contributed by atoms with Crippen molar-refractivity contribution in [3.63, 3.8) is 0 Å². The quantitative estimate of drug-likeness (QED) is 0.587. The minimum absolute atomic E-state index is 0.000107. The number of Topliss-reactive ketones (excluding diaryl/α,β-unsaturated/α-hetero) is 1. The molecule has 13 heavy (non-hydrogen) atoms. The largest absolute Gasteiger partial charge is 0.392 e. The summed E-state index contributed by atoms with van der Waals surface area (Å²) in [6.07, 6.45) is -0.877. The van der Waals surface area contributed by atoms with Crippen molar-refractivity contribution < 1.29 is 14.6 Å². The Bertz CT molecular complexity index is 207. The zero-order valence-corrected chi connectivity index (χ0v) is 10.2. The zero-order chi connectivity index (χ0) is 10.2. The van der Waals surface area contributed by atoms with E-state index in [2.05, 4.69) is 22.6 Å². The van der Waals surface area contributed by atoms with E-state index in [0.29, 0.717) is 0 Å². The highest BCUT2D eigenvalue weighted by atomic mass is 127. The third-order valence-electron chi connectivity index (χ3n) is 2.65. The number of hydrogen-bond donors (Lipinski definition) is 1. The van der Waals surface area contributed by atoms with Crippen LogP contribution < -0.4 is 0 Å². The van der Waals surface area contributed by atoms with Gasteiger partial charge in [0.2, 0.25) is 0 Å². The minimum Gasteiger partial charge on any atom is -0.392 e. The van der Waals surface area contributed by atoms with Crippen LogP contribution in [0.3, 0.4) is 0 Å². The normalized spacial score (nSPS) is 46.1. The molecule has 0 aromatic carbocycles. The number of aliphatic hydroxyl groups excluding tert-OH is 1. The number of hydrogen-bond acceptors (Lipinski definition) is 3. The topological polar surface area (TPSA) is 46.5 Å². The molecule has 76 valence electrons. The van der Waals surface area contributed by atoms with Crippen LogP contribution in [0.1, 0.15) is 20.8 Å². The molecule has 1 fully saturated rings. The van der Waals surface area contributed by atoms with Crippen molar-refractivity contribution in [2.45, 2.75) is 37.1 Å². The van der Waals surface area contributed by atoms with Gasteiger partial charge in [-0.1, -0.05) is 36.4 Å². The van der Waals surface area contributed by atoms with Crippen LogP contribution in [-0.4, -0.2) is 27.2 Å². The molecule has 1 rings (SSSR count). The first-order valence-electron chi connectivity index (χ1n) is 4.43. The van der Waals surface area contributed by atoms with E-state index < -0.39 is 12.2 Å². The van der Waals surface area contributed by atoms with Crippen LogP contribution in [0, 0.1) is 11.8 Å². The van der Waals surface area contributed by atoms with Gasteiger partial charge in [0, 0.05) is 11.8 Å². The molecule has 1 heterocycles. The minimum atomic E-state index is -0.440. The lowest BCUT2D eigenvalue weighted by Crippen LogP contribution is -2.49. The summed E-state index contributed by atoms with van der Waals surface area (Å²) in [6, 6.07) is 0.